The van der Waals surface area contributed by atoms with E-state index in [4.69, 9.17) is 14.2 Å². The lowest BCUT2D eigenvalue weighted by atomic mass is 10.1. The van der Waals surface area contributed by atoms with Crippen LogP contribution in [0.1, 0.15) is 26.3 Å². The summed E-state index contributed by atoms with van der Waals surface area (Å²) in [6.07, 6.45) is -0.904. The predicted molar refractivity (Wildman–Crippen MR) is 78.0 cm³/mol. The fraction of sp³-hybridized carbons (Fsp3) is 0.500. The normalized spacial score (nSPS) is 11.9. The van der Waals surface area contributed by atoms with Crippen LogP contribution in [0, 0.1) is 12.8 Å². The zero-order valence-electron chi connectivity index (χ0n) is 12.9. The quantitative estimate of drug-likeness (QED) is 0.723. The van der Waals surface area contributed by atoms with Gasteiger partial charge in [-0.15, -0.1) is 0 Å². The number of aryl methyl sites for hydroxylation is 1. The monoisotopic (exact) mass is 294 g/mol. The lowest BCUT2D eigenvalue weighted by Gasteiger charge is -2.19. The van der Waals surface area contributed by atoms with E-state index in [-0.39, 0.29) is 19.1 Å². The number of hydrogen-bond acceptors (Lipinski definition) is 5. The van der Waals surface area contributed by atoms with Crippen molar-refractivity contribution >= 4 is 11.9 Å². The first-order chi connectivity index (χ1) is 9.93. The molecule has 21 heavy (non-hydrogen) atoms. The summed E-state index contributed by atoms with van der Waals surface area (Å²) in [6.45, 7) is 7.22. The molecule has 0 aliphatic carbocycles. The molecule has 1 aromatic rings. The highest BCUT2D eigenvalue weighted by atomic mass is 16.6. The fourth-order valence-corrected chi connectivity index (χ4v) is 1.70. The van der Waals surface area contributed by atoms with Crippen LogP contribution in [0.15, 0.2) is 24.3 Å². The third-order valence-electron chi connectivity index (χ3n) is 2.73. The Morgan fingerprint density at radius 3 is 2.52 bits per heavy atom. The van der Waals surface area contributed by atoms with Crippen molar-refractivity contribution in [3.63, 3.8) is 0 Å². The molecule has 0 heterocycles. The molecule has 0 N–H and O–H groups in total. The van der Waals surface area contributed by atoms with E-state index in [0.29, 0.717) is 5.75 Å². The molecule has 1 rings (SSSR count). The number of benzene rings is 1. The molecule has 5 heteroatoms. The number of rotatable bonds is 7. The Morgan fingerprint density at radius 2 is 1.95 bits per heavy atom. The molecule has 0 saturated carbocycles. The van der Waals surface area contributed by atoms with Crippen LogP contribution in [-0.4, -0.2) is 31.3 Å². The van der Waals surface area contributed by atoms with Gasteiger partial charge in [-0.3, -0.25) is 0 Å². The highest BCUT2D eigenvalue weighted by Gasteiger charge is 2.27. The van der Waals surface area contributed by atoms with Crippen molar-refractivity contribution in [2.24, 2.45) is 5.92 Å². The number of esters is 2. The molecule has 1 atom stereocenters. The largest absolute Gasteiger partial charge is 0.482 e. The Labute approximate surface area is 125 Å². The minimum Gasteiger partial charge on any atom is -0.482 e. The van der Waals surface area contributed by atoms with Gasteiger partial charge in [0.1, 0.15) is 5.75 Å². The van der Waals surface area contributed by atoms with Crippen LogP contribution >= 0.6 is 0 Å². The van der Waals surface area contributed by atoms with Gasteiger partial charge in [-0.2, -0.15) is 0 Å². The second-order valence-corrected chi connectivity index (χ2v) is 5.01. The summed E-state index contributed by atoms with van der Waals surface area (Å²) in [5, 5.41) is 0. The first-order valence-corrected chi connectivity index (χ1v) is 6.99. The average molecular weight is 294 g/mol. The molecule has 0 amide bonds. The molecule has 0 radical (unpaired) electrons. The third-order valence-corrected chi connectivity index (χ3v) is 2.73. The molecule has 0 aromatic heterocycles. The molecule has 1 aromatic carbocycles. The Hall–Kier alpha value is -2.04. The number of hydrogen-bond donors (Lipinski definition) is 0. The zero-order valence-corrected chi connectivity index (χ0v) is 12.9. The Kier molecular flexibility index (Phi) is 6.72. The van der Waals surface area contributed by atoms with E-state index in [9.17, 15) is 9.59 Å². The number of ether oxygens (including phenoxy) is 3. The van der Waals surface area contributed by atoms with Crippen LogP contribution in [0.5, 0.6) is 5.75 Å². The first-order valence-electron chi connectivity index (χ1n) is 6.99. The van der Waals surface area contributed by atoms with Crippen molar-refractivity contribution in [1.29, 1.82) is 0 Å². The van der Waals surface area contributed by atoms with Crippen LogP contribution in [0.2, 0.25) is 0 Å². The van der Waals surface area contributed by atoms with Crippen molar-refractivity contribution < 1.29 is 23.8 Å². The maximum Gasteiger partial charge on any atom is 0.347 e. The standard InChI is InChI=1S/C16H22O5/c1-5-19-16(18)15(11(2)3)21-14(17)10-20-13-8-6-7-12(4)9-13/h6-9,11,15H,5,10H2,1-4H3/t15-/m0/s1. The SMILES string of the molecule is CCOC(=O)[C@@H](OC(=O)COc1cccc(C)c1)C(C)C. The number of carbonyl (C=O) groups excluding carboxylic acids is 2. The molecule has 0 saturated heterocycles. The van der Waals surface area contributed by atoms with Gasteiger partial charge in [-0.25, -0.2) is 9.59 Å². The van der Waals surface area contributed by atoms with E-state index in [0.717, 1.165) is 5.56 Å². The smallest absolute Gasteiger partial charge is 0.347 e. The summed E-state index contributed by atoms with van der Waals surface area (Å²) in [5.74, 6) is -0.698. The highest BCUT2D eigenvalue weighted by Crippen LogP contribution is 2.13. The van der Waals surface area contributed by atoms with Gasteiger partial charge in [0.2, 0.25) is 6.10 Å². The van der Waals surface area contributed by atoms with Gasteiger partial charge in [-0.1, -0.05) is 26.0 Å². The summed E-state index contributed by atoms with van der Waals surface area (Å²) in [5.41, 5.74) is 1.03. The number of carbonyl (C=O) groups is 2. The minimum atomic E-state index is -0.904. The molecular formula is C16H22O5. The Bertz CT molecular complexity index is 481. The summed E-state index contributed by atoms with van der Waals surface area (Å²) in [7, 11) is 0. The van der Waals surface area contributed by atoms with Crippen molar-refractivity contribution in [3.8, 4) is 5.75 Å². The molecule has 116 valence electrons. The van der Waals surface area contributed by atoms with Gasteiger partial charge in [0.15, 0.2) is 6.61 Å². The van der Waals surface area contributed by atoms with Gasteiger partial charge in [0.05, 0.1) is 6.61 Å². The molecule has 5 nitrogen and oxygen atoms in total. The lowest BCUT2D eigenvalue weighted by molar-refractivity contribution is -0.171. The summed E-state index contributed by atoms with van der Waals surface area (Å²) in [4.78, 5) is 23.5. The first kappa shape index (κ1) is 17.0. The minimum absolute atomic E-state index is 0.160. The fourth-order valence-electron chi connectivity index (χ4n) is 1.70. The van der Waals surface area contributed by atoms with E-state index >= 15 is 0 Å². The van der Waals surface area contributed by atoms with E-state index in [1.54, 1.807) is 26.8 Å². The van der Waals surface area contributed by atoms with Crippen molar-refractivity contribution in [2.75, 3.05) is 13.2 Å². The summed E-state index contributed by atoms with van der Waals surface area (Å²) >= 11 is 0. The molecule has 0 fully saturated rings. The van der Waals surface area contributed by atoms with Gasteiger partial charge in [0.25, 0.3) is 0 Å². The van der Waals surface area contributed by atoms with E-state index in [1.165, 1.54) is 0 Å². The zero-order chi connectivity index (χ0) is 15.8. The molecule has 0 spiro atoms. The van der Waals surface area contributed by atoms with Crippen molar-refractivity contribution in [3.05, 3.63) is 29.8 Å². The van der Waals surface area contributed by atoms with Crippen LogP contribution in [0.25, 0.3) is 0 Å². The van der Waals surface area contributed by atoms with Crippen LogP contribution in [-0.2, 0) is 19.1 Å². The Balaban J connectivity index is 2.52. The average Bonchev–Trinajstić information content (AvgIpc) is 2.42. The molecule has 0 bridgehead atoms. The highest BCUT2D eigenvalue weighted by molar-refractivity contribution is 5.80. The topological polar surface area (TPSA) is 61.8 Å². The van der Waals surface area contributed by atoms with Crippen LogP contribution < -0.4 is 4.74 Å². The maximum absolute atomic E-state index is 11.8. The van der Waals surface area contributed by atoms with E-state index in [1.807, 2.05) is 25.1 Å². The maximum atomic E-state index is 11.8. The van der Waals surface area contributed by atoms with E-state index in [2.05, 4.69) is 0 Å². The van der Waals surface area contributed by atoms with Crippen molar-refractivity contribution in [2.45, 2.75) is 33.8 Å². The second kappa shape index (κ2) is 8.29. The van der Waals surface area contributed by atoms with E-state index < -0.39 is 18.0 Å². The van der Waals surface area contributed by atoms with Gasteiger partial charge in [0, 0.05) is 5.92 Å². The second-order valence-electron chi connectivity index (χ2n) is 5.01. The predicted octanol–water partition coefficient (Wildman–Crippen LogP) is 2.50. The molecule has 0 unspecified atom stereocenters. The molecule has 0 aliphatic rings. The van der Waals surface area contributed by atoms with Crippen molar-refractivity contribution in [1.82, 2.24) is 0 Å². The van der Waals surface area contributed by atoms with Gasteiger partial charge >= 0.3 is 11.9 Å². The molecule has 0 aliphatic heterocycles. The Morgan fingerprint density at radius 1 is 1.24 bits per heavy atom. The van der Waals surface area contributed by atoms with Crippen LogP contribution in [0.3, 0.4) is 0 Å². The summed E-state index contributed by atoms with van der Waals surface area (Å²) < 4.78 is 15.4. The third kappa shape index (κ3) is 5.85. The van der Waals surface area contributed by atoms with Gasteiger partial charge in [-0.05, 0) is 31.5 Å². The van der Waals surface area contributed by atoms with Crippen LogP contribution in [0.4, 0.5) is 0 Å². The van der Waals surface area contributed by atoms with Gasteiger partial charge < -0.3 is 14.2 Å². The lowest BCUT2D eigenvalue weighted by Crippen LogP contribution is -2.35. The summed E-state index contributed by atoms with van der Waals surface area (Å²) in [6, 6.07) is 7.34. The molecular weight excluding hydrogens is 272 g/mol.